The molecular weight excluding hydrogens is 288 g/mol. The maximum absolute atomic E-state index is 5.64. The first kappa shape index (κ1) is 18.2. The molecule has 1 heterocycles. The van der Waals surface area contributed by atoms with Crippen molar-refractivity contribution in [2.75, 3.05) is 46.5 Å². The summed E-state index contributed by atoms with van der Waals surface area (Å²) in [4.78, 5) is 2.47. The third-order valence-corrected chi connectivity index (χ3v) is 3.71. The summed E-state index contributed by atoms with van der Waals surface area (Å²) in [6.45, 7) is 5.40. The third kappa shape index (κ3) is 7.14. The Morgan fingerprint density at radius 1 is 1.19 bits per heavy atom. The number of halogens is 1. The topological polar surface area (TPSA) is 33.7 Å². The van der Waals surface area contributed by atoms with Crippen molar-refractivity contribution in [3.8, 4) is 5.75 Å². The predicted molar refractivity (Wildman–Crippen MR) is 88.5 cm³/mol. The zero-order valence-corrected chi connectivity index (χ0v) is 13.6. The van der Waals surface area contributed by atoms with E-state index in [1.54, 1.807) is 0 Å². The standard InChI is InChI=1S/C16H26N2O2.ClH/c1-17-15-6-5-9-18(14-15)10-11-19-12-13-20-16-7-3-2-4-8-16;/h2-4,7-8,15,17H,5-6,9-14H2,1H3;1H. The molecule has 1 aromatic rings. The third-order valence-electron chi connectivity index (χ3n) is 3.71. The van der Waals surface area contributed by atoms with Crippen molar-refractivity contribution in [3.63, 3.8) is 0 Å². The zero-order chi connectivity index (χ0) is 14.0. The highest BCUT2D eigenvalue weighted by molar-refractivity contribution is 5.85. The van der Waals surface area contributed by atoms with Crippen LogP contribution in [0.4, 0.5) is 0 Å². The van der Waals surface area contributed by atoms with Crippen molar-refractivity contribution < 1.29 is 9.47 Å². The van der Waals surface area contributed by atoms with E-state index in [0.29, 0.717) is 19.3 Å². The Hall–Kier alpha value is -0.810. The Bertz CT molecular complexity index is 365. The quantitative estimate of drug-likeness (QED) is 0.746. The lowest BCUT2D eigenvalue weighted by Gasteiger charge is -2.32. The molecule has 2 rings (SSSR count). The number of benzene rings is 1. The molecule has 1 fully saturated rings. The number of ether oxygens (including phenoxy) is 2. The van der Waals surface area contributed by atoms with E-state index in [2.05, 4.69) is 10.2 Å². The fraction of sp³-hybridized carbons (Fsp3) is 0.625. The van der Waals surface area contributed by atoms with E-state index >= 15 is 0 Å². The number of likely N-dealkylation sites (tertiary alicyclic amines) is 1. The number of para-hydroxylation sites is 1. The first-order chi connectivity index (χ1) is 9.88. The second kappa shape index (κ2) is 10.9. The van der Waals surface area contributed by atoms with Crippen molar-refractivity contribution in [3.05, 3.63) is 30.3 Å². The van der Waals surface area contributed by atoms with E-state index in [0.717, 1.165) is 25.4 Å². The summed E-state index contributed by atoms with van der Waals surface area (Å²) in [5, 5.41) is 3.36. The molecule has 0 aliphatic carbocycles. The number of hydrogen-bond donors (Lipinski definition) is 1. The molecule has 0 aromatic heterocycles. The summed E-state index contributed by atoms with van der Waals surface area (Å²) in [5.41, 5.74) is 0. The van der Waals surface area contributed by atoms with Crippen LogP contribution in [0.5, 0.6) is 5.75 Å². The maximum atomic E-state index is 5.64. The van der Waals surface area contributed by atoms with Crippen molar-refractivity contribution in [1.82, 2.24) is 10.2 Å². The van der Waals surface area contributed by atoms with Crippen LogP contribution in [0, 0.1) is 0 Å². The van der Waals surface area contributed by atoms with Gasteiger partial charge in [0, 0.05) is 19.1 Å². The lowest BCUT2D eigenvalue weighted by atomic mass is 10.1. The van der Waals surface area contributed by atoms with Gasteiger partial charge < -0.3 is 14.8 Å². The van der Waals surface area contributed by atoms with Crippen LogP contribution in [0.3, 0.4) is 0 Å². The van der Waals surface area contributed by atoms with Crippen LogP contribution in [-0.4, -0.2) is 57.4 Å². The van der Waals surface area contributed by atoms with Crippen molar-refractivity contribution in [2.45, 2.75) is 18.9 Å². The molecule has 1 N–H and O–H groups in total. The largest absolute Gasteiger partial charge is 0.491 e. The number of hydrogen-bond acceptors (Lipinski definition) is 4. The highest BCUT2D eigenvalue weighted by Gasteiger charge is 2.17. The van der Waals surface area contributed by atoms with Gasteiger partial charge >= 0.3 is 0 Å². The molecule has 0 bridgehead atoms. The van der Waals surface area contributed by atoms with Crippen LogP contribution in [0.1, 0.15) is 12.8 Å². The van der Waals surface area contributed by atoms with Crippen LogP contribution < -0.4 is 10.1 Å². The van der Waals surface area contributed by atoms with Crippen molar-refractivity contribution >= 4 is 12.4 Å². The average molecular weight is 315 g/mol. The van der Waals surface area contributed by atoms with Crippen LogP contribution in [-0.2, 0) is 4.74 Å². The molecule has 4 nitrogen and oxygen atoms in total. The van der Waals surface area contributed by atoms with Gasteiger partial charge in [0.25, 0.3) is 0 Å². The van der Waals surface area contributed by atoms with E-state index in [4.69, 9.17) is 9.47 Å². The van der Waals surface area contributed by atoms with E-state index in [1.807, 2.05) is 37.4 Å². The second-order valence-corrected chi connectivity index (χ2v) is 5.20. The summed E-state index contributed by atoms with van der Waals surface area (Å²) in [7, 11) is 2.05. The Labute approximate surface area is 134 Å². The molecule has 0 spiro atoms. The molecule has 0 radical (unpaired) electrons. The van der Waals surface area contributed by atoms with Crippen LogP contribution >= 0.6 is 12.4 Å². The van der Waals surface area contributed by atoms with E-state index in [-0.39, 0.29) is 12.4 Å². The number of nitrogens with one attached hydrogen (secondary N) is 1. The highest BCUT2D eigenvalue weighted by Crippen LogP contribution is 2.09. The highest BCUT2D eigenvalue weighted by atomic mass is 35.5. The SMILES string of the molecule is CNC1CCCN(CCOCCOc2ccccc2)C1.Cl. The van der Waals surface area contributed by atoms with Gasteiger partial charge in [-0.15, -0.1) is 12.4 Å². The molecule has 1 aliphatic rings. The molecular formula is C16H27ClN2O2. The van der Waals surface area contributed by atoms with Gasteiger partial charge in [0.2, 0.25) is 0 Å². The fourth-order valence-electron chi connectivity index (χ4n) is 2.53. The van der Waals surface area contributed by atoms with E-state index in [9.17, 15) is 0 Å². The Morgan fingerprint density at radius 3 is 2.76 bits per heavy atom. The number of likely N-dealkylation sites (N-methyl/N-ethyl adjacent to an activating group) is 1. The summed E-state index contributed by atoms with van der Waals surface area (Å²) >= 11 is 0. The second-order valence-electron chi connectivity index (χ2n) is 5.20. The lowest BCUT2D eigenvalue weighted by Crippen LogP contribution is -2.45. The van der Waals surface area contributed by atoms with Crippen LogP contribution in [0.25, 0.3) is 0 Å². The molecule has 1 unspecified atom stereocenters. The minimum Gasteiger partial charge on any atom is -0.491 e. The van der Waals surface area contributed by atoms with Gasteiger partial charge in [0.1, 0.15) is 12.4 Å². The Balaban J connectivity index is 0.00000220. The molecule has 21 heavy (non-hydrogen) atoms. The summed E-state index contributed by atoms with van der Waals surface area (Å²) < 4.78 is 11.2. The monoisotopic (exact) mass is 314 g/mol. The smallest absolute Gasteiger partial charge is 0.119 e. The summed E-state index contributed by atoms with van der Waals surface area (Å²) in [5.74, 6) is 0.906. The van der Waals surface area contributed by atoms with Gasteiger partial charge in [0.15, 0.2) is 0 Å². The first-order valence-corrected chi connectivity index (χ1v) is 7.53. The molecule has 0 amide bonds. The molecule has 1 aromatic carbocycles. The average Bonchev–Trinajstić information content (AvgIpc) is 2.52. The molecule has 0 saturated carbocycles. The molecule has 1 saturated heterocycles. The molecule has 1 atom stereocenters. The van der Waals surface area contributed by atoms with E-state index in [1.165, 1.54) is 19.4 Å². The fourth-order valence-corrected chi connectivity index (χ4v) is 2.53. The van der Waals surface area contributed by atoms with E-state index < -0.39 is 0 Å². The lowest BCUT2D eigenvalue weighted by molar-refractivity contribution is 0.0712. The van der Waals surface area contributed by atoms with Gasteiger partial charge in [-0.2, -0.15) is 0 Å². The minimum atomic E-state index is 0. The van der Waals surface area contributed by atoms with Crippen LogP contribution in [0.2, 0.25) is 0 Å². The van der Waals surface area contributed by atoms with Gasteiger partial charge in [-0.3, -0.25) is 4.90 Å². The molecule has 120 valence electrons. The van der Waals surface area contributed by atoms with Gasteiger partial charge in [-0.1, -0.05) is 18.2 Å². The molecule has 5 heteroatoms. The van der Waals surface area contributed by atoms with Gasteiger partial charge in [-0.25, -0.2) is 0 Å². The van der Waals surface area contributed by atoms with Gasteiger partial charge in [-0.05, 0) is 38.6 Å². The van der Waals surface area contributed by atoms with Crippen molar-refractivity contribution in [1.29, 1.82) is 0 Å². The number of nitrogens with zero attached hydrogens (tertiary/aromatic N) is 1. The van der Waals surface area contributed by atoms with Gasteiger partial charge in [0.05, 0.1) is 13.2 Å². The molecule has 1 aliphatic heterocycles. The van der Waals surface area contributed by atoms with Crippen molar-refractivity contribution in [2.24, 2.45) is 0 Å². The first-order valence-electron chi connectivity index (χ1n) is 7.53. The zero-order valence-electron chi connectivity index (χ0n) is 12.8. The minimum absolute atomic E-state index is 0. The maximum Gasteiger partial charge on any atom is 0.119 e. The Kier molecular flexibility index (Phi) is 9.42. The normalized spacial score (nSPS) is 19.0. The predicted octanol–water partition coefficient (Wildman–Crippen LogP) is 2.19. The van der Waals surface area contributed by atoms with Crippen LogP contribution in [0.15, 0.2) is 30.3 Å². The summed E-state index contributed by atoms with van der Waals surface area (Å²) in [6, 6.07) is 10.5. The number of rotatable bonds is 8. The Morgan fingerprint density at radius 2 is 2.00 bits per heavy atom. The number of piperidine rings is 1. The summed E-state index contributed by atoms with van der Waals surface area (Å²) in [6.07, 6.45) is 2.57.